The highest BCUT2D eigenvalue weighted by atomic mass is 35.5. The minimum absolute atomic E-state index is 0.318. The van der Waals surface area contributed by atoms with E-state index in [-0.39, 0.29) is 0 Å². The molecule has 0 aliphatic carbocycles. The van der Waals surface area contributed by atoms with Gasteiger partial charge < -0.3 is 20.1 Å². The monoisotopic (exact) mass is 425 g/mol. The fraction of sp³-hybridized carbons (Fsp3) is 0.409. The molecule has 0 amide bonds. The van der Waals surface area contributed by atoms with Crippen LogP contribution in [0.2, 0.25) is 5.02 Å². The first-order valence-corrected chi connectivity index (χ1v) is 10.9. The van der Waals surface area contributed by atoms with Gasteiger partial charge in [-0.1, -0.05) is 23.7 Å². The first-order chi connectivity index (χ1) is 14.7. The minimum atomic E-state index is 0.318. The molecule has 1 aliphatic heterocycles. The Kier molecular flexibility index (Phi) is 6.69. The lowest BCUT2D eigenvalue weighted by Gasteiger charge is -2.20. The number of guanidine groups is 1. The number of aryl methyl sites for hydroxylation is 1. The van der Waals surface area contributed by atoms with E-state index in [0.29, 0.717) is 11.1 Å². The fourth-order valence-electron chi connectivity index (χ4n) is 3.81. The summed E-state index contributed by atoms with van der Waals surface area (Å²) in [5, 5.41) is 7.62. The van der Waals surface area contributed by atoms with E-state index in [0.717, 1.165) is 62.9 Å². The zero-order valence-electron chi connectivity index (χ0n) is 17.3. The molecule has 158 valence electrons. The van der Waals surface area contributed by atoms with Gasteiger partial charge in [-0.3, -0.25) is 4.99 Å². The second-order valence-corrected chi connectivity index (χ2v) is 7.83. The quantitative estimate of drug-likeness (QED) is 0.345. The van der Waals surface area contributed by atoms with E-state index in [2.05, 4.69) is 49.1 Å². The number of rotatable bonds is 7. The molecule has 0 spiro atoms. The van der Waals surface area contributed by atoms with E-state index in [1.54, 1.807) is 6.20 Å². The maximum Gasteiger partial charge on any atom is 0.191 e. The molecule has 0 bridgehead atoms. The van der Waals surface area contributed by atoms with Gasteiger partial charge in [-0.15, -0.1) is 0 Å². The number of hydrogen-bond donors (Lipinski definition) is 2. The Morgan fingerprint density at radius 3 is 3.00 bits per heavy atom. The molecule has 0 saturated carbocycles. The predicted molar refractivity (Wildman–Crippen MR) is 123 cm³/mol. The lowest BCUT2D eigenvalue weighted by Crippen LogP contribution is -2.44. The summed E-state index contributed by atoms with van der Waals surface area (Å²) in [6.07, 6.45) is 5.68. The van der Waals surface area contributed by atoms with Crippen LogP contribution in [-0.4, -0.2) is 52.7 Å². The number of nitrogens with one attached hydrogen (secondary N) is 2. The number of fused-ring (bicyclic) bond motifs is 1. The van der Waals surface area contributed by atoms with Gasteiger partial charge in [0.1, 0.15) is 5.82 Å². The van der Waals surface area contributed by atoms with E-state index in [9.17, 15) is 0 Å². The van der Waals surface area contributed by atoms with Crippen molar-refractivity contribution in [2.75, 3.05) is 31.1 Å². The maximum atomic E-state index is 6.30. The zero-order valence-corrected chi connectivity index (χ0v) is 18.0. The summed E-state index contributed by atoms with van der Waals surface area (Å²) in [7, 11) is 0. The number of imidazole rings is 1. The van der Waals surface area contributed by atoms with E-state index in [1.807, 2.05) is 30.6 Å². The van der Waals surface area contributed by atoms with Crippen LogP contribution in [0.25, 0.3) is 11.0 Å². The Hall–Kier alpha value is -2.80. The second kappa shape index (κ2) is 9.80. The third-order valence-corrected chi connectivity index (χ3v) is 5.56. The topological polar surface area (TPSA) is 70.4 Å². The third kappa shape index (κ3) is 4.84. The second-order valence-electron chi connectivity index (χ2n) is 7.43. The molecule has 1 aliphatic rings. The van der Waals surface area contributed by atoms with Crippen LogP contribution in [0.1, 0.15) is 19.8 Å². The highest BCUT2D eigenvalue weighted by Gasteiger charge is 2.25. The van der Waals surface area contributed by atoms with Crippen LogP contribution >= 0.6 is 11.6 Å². The Morgan fingerprint density at radius 1 is 1.23 bits per heavy atom. The van der Waals surface area contributed by atoms with Crippen molar-refractivity contribution in [1.29, 1.82) is 0 Å². The third-order valence-electron chi connectivity index (χ3n) is 5.27. The van der Waals surface area contributed by atoms with E-state index in [1.165, 1.54) is 5.52 Å². The summed E-state index contributed by atoms with van der Waals surface area (Å²) in [6.45, 7) is 6.37. The number of pyridine rings is 1. The van der Waals surface area contributed by atoms with Gasteiger partial charge in [-0.2, -0.15) is 0 Å². The van der Waals surface area contributed by atoms with Gasteiger partial charge in [0.2, 0.25) is 0 Å². The predicted octanol–water partition coefficient (Wildman–Crippen LogP) is 3.31. The van der Waals surface area contributed by atoms with Crippen molar-refractivity contribution in [2.45, 2.75) is 32.4 Å². The molecule has 1 unspecified atom stereocenters. The van der Waals surface area contributed by atoms with Crippen molar-refractivity contribution in [1.82, 2.24) is 25.2 Å². The normalized spacial score (nSPS) is 16.9. The minimum Gasteiger partial charge on any atom is -0.357 e. The lowest BCUT2D eigenvalue weighted by atomic mass is 10.3. The van der Waals surface area contributed by atoms with Crippen molar-refractivity contribution < 1.29 is 0 Å². The molecule has 4 rings (SSSR count). The van der Waals surface area contributed by atoms with Crippen molar-refractivity contribution >= 4 is 34.4 Å². The van der Waals surface area contributed by atoms with Crippen LogP contribution in [0.15, 0.2) is 53.9 Å². The standard InChI is InChI=1S/C22H28ClN7/c1-2-24-22(26-12-6-13-30-16-27-19-8-3-4-9-20(19)30)28-17-10-14-29(15-17)21-18(23)7-5-11-25-21/h3-5,7-9,11,16-17H,2,6,10,12-15H2,1H3,(H2,24,26,28). The van der Waals surface area contributed by atoms with Gasteiger partial charge in [-0.25, -0.2) is 9.97 Å². The van der Waals surface area contributed by atoms with Crippen LogP contribution in [0.4, 0.5) is 5.82 Å². The molecular weight excluding hydrogens is 398 g/mol. The van der Waals surface area contributed by atoms with Crippen molar-refractivity contribution in [3.05, 3.63) is 53.9 Å². The van der Waals surface area contributed by atoms with E-state index < -0.39 is 0 Å². The van der Waals surface area contributed by atoms with Crippen LogP contribution < -0.4 is 15.5 Å². The fourth-order valence-corrected chi connectivity index (χ4v) is 4.06. The van der Waals surface area contributed by atoms with Crippen molar-refractivity contribution in [3.8, 4) is 0 Å². The molecule has 30 heavy (non-hydrogen) atoms. The van der Waals surface area contributed by atoms with Gasteiger partial charge in [-0.05, 0) is 44.0 Å². The van der Waals surface area contributed by atoms with Gasteiger partial charge in [0.25, 0.3) is 0 Å². The smallest absolute Gasteiger partial charge is 0.191 e. The summed E-state index contributed by atoms with van der Waals surface area (Å²) in [6, 6.07) is 12.3. The molecule has 2 N–H and O–H groups in total. The molecule has 3 heterocycles. The number of hydrogen-bond acceptors (Lipinski definition) is 4. The van der Waals surface area contributed by atoms with Crippen molar-refractivity contribution in [2.24, 2.45) is 4.99 Å². The molecular formula is C22H28ClN7. The highest BCUT2D eigenvalue weighted by molar-refractivity contribution is 6.32. The average molecular weight is 426 g/mol. The van der Waals surface area contributed by atoms with Crippen LogP contribution in [0, 0.1) is 0 Å². The highest BCUT2D eigenvalue weighted by Crippen LogP contribution is 2.25. The molecule has 1 fully saturated rings. The summed E-state index contributed by atoms with van der Waals surface area (Å²) in [5.74, 6) is 1.73. The Labute approximate surface area is 182 Å². The molecule has 1 aromatic carbocycles. The first-order valence-electron chi connectivity index (χ1n) is 10.5. The van der Waals surface area contributed by atoms with Crippen LogP contribution in [-0.2, 0) is 6.54 Å². The van der Waals surface area contributed by atoms with Gasteiger partial charge in [0.15, 0.2) is 5.96 Å². The Bertz CT molecular complexity index is 1000. The number of aliphatic imine (C=N–C) groups is 1. The van der Waals surface area contributed by atoms with Crippen LogP contribution in [0.5, 0.6) is 0 Å². The Balaban J connectivity index is 1.30. The van der Waals surface area contributed by atoms with Gasteiger partial charge in [0, 0.05) is 45.0 Å². The average Bonchev–Trinajstić information content (AvgIpc) is 3.39. The SMILES string of the molecule is CCNC(=NCCCn1cnc2ccccc21)NC1CCN(c2ncccc2Cl)C1. The Morgan fingerprint density at radius 2 is 2.13 bits per heavy atom. The van der Waals surface area contributed by atoms with E-state index in [4.69, 9.17) is 16.6 Å². The number of nitrogens with zero attached hydrogens (tertiary/aromatic N) is 5. The molecule has 1 atom stereocenters. The van der Waals surface area contributed by atoms with Crippen LogP contribution in [0.3, 0.4) is 0 Å². The summed E-state index contributed by atoms with van der Waals surface area (Å²) in [5.41, 5.74) is 2.21. The number of para-hydroxylation sites is 2. The number of anilines is 1. The summed E-state index contributed by atoms with van der Waals surface area (Å²) in [4.78, 5) is 15.9. The summed E-state index contributed by atoms with van der Waals surface area (Å²) >= 11 is 6.30. The largest absolute Gasteiger partial charge is 0.357 e. The molecule has 3 aromatic rings. The van der Waals surface area contributed by atoms with Crippen molar-refractivity contribution in [3.63, 3.8) is 0 Å². The zero-order chi connectivity index (χ0) is 20.8. The van der Waals surface area contributed by atoms with E-state index >= 15 is 0 Å². The molecule has 8 heteroatoms. The number of aromatic nitrogens is 3. The molecule has 0 radical (unpaired) electrons. The maximum absolute atomic E-state index is 6.30. The summed E-state index contributed by atoms with van der Waals surface area (Å²) < 4.78 is 2.19. The van der Waals surface area contributed by atoms with Gasteiger partial charge in [0.05, 0.1) is 22.4 Å². The lowest BCUT2D eigenvalue weighted by molar-refractivity contribution is 0.636. The molecule has 2 aromatic heterocycles. The molecule has 1 saturated heterocycles. The van der Waals surface area contributed by atoms with Gasteiger partial charge >= 0.3 is 0 Å². The first kappa shape index (κ1) is 20.5. The molecule has 7 nitrogen and oxygen atoms in total. The number of benzene rings is 1. The number of halogens is 1.